The molecule has 0 aromatic heterocycles. The summed E-state index contributed by atoms with van der Waals surface area (Å²) in [6, 6.07) is 4.64. The number of nitrogens with one attached hydrogen (secondary N) is 2. The number of halogens is 3. The number of hydrogen-bond acceptors (Lipinski definition) is 1. The zero-order valence-corrected chi connectivity index (χ0v) is 14.4. The van der Waals surface area contributed by atoms with Crippen molar-refractivity contribution < 1.29 is 4.39 Å². The van der Waals surface area contributed by atoms with Gasteiger partial charge in [-0.25, -0.2) is 4.39 Å². The standard InChI is InChI=1S/C12H17BrFN3.HI/c1-3-6-16-12(15-2)17-8-9-7-10(14)4-5-11(9)13;/h4-5,7H,3,6,8H2,1-2H3,(H2,15,16,17);1H. The maximum Gasteiger partial charge on any atom is 0.191 e. The fourth-order valence-corrected chi connectivity index (χ4v) is 1.71. The van der Waals surface area contributed by atoms with Crippen LogP contribution in [-0.4, -0.2) is 19.6 Å². The molecule has 0 bridgehead atoms. The number of aliphatic imine (C=N–C) groups is 1. The minimum absolute atomic E-state index is 0. The summed E-state index contributed by atoms with van der Waals surface area (Å²) >= 11 is 3.39. The Bertz CT molecular complexity index is 399. The topological polar surface area (TPSA) is 36.4 Å². The van der Waals surface area contributed by atoms with Crippen LogP contribution >= 0.6 is 39.9 Å². The molecule has 0 saturated heterocycles. The maximum absolute atomic E-state index is 13.1. The van der Waals surface area contributed by atoms with E-state index < -0.39 is 0 Å². The Balaban J connectivity index is 0.00000289. The molecule has 1 aromatic rings. The fraction of sp³-hybridized carbons (Fsp3) is 0.417. The molecule has 18 heavy (non-hydrogen) atoms. The van der Waals surface area contributed by atoms with E-state index >= 15 is 0 Å². The lowest BCUT2D eigenvalue weighted by atomic mass is 10.2. The van der Waals surface area contributed by atoms with E-state index in [1.165, 1.54) is 12.1 Å². The Hall–Kier alpha value is -0.370. The largest absolute Gasteiger partial charge is 0.356 e. The van der Waals surface area contributed by atoms with Crippen molar-refractivity contribution in [2.24, 2.45) is 4.99 Å². The molecule has 0 radical (unpaired) electrons. The van der Waals surface area contributed by atoms with Gasteiger partial charge in [-0.3, -0.25) is 4.99 Å². The molecular weight excluding hydrogens is 412 g/mol. The molecule has 0 aliphatic rings. The summed E-state index contributed by atoms with van der Waals surface area (Å²) in [6.07, 6.45) is 1.03. The molecule has 6 heteroatoms. The zero-order chi connectivity index (χ0) is 12.7. The average molecular weight is 430 g/mol. The number of rotatable bonds is 4. The molecule has 0 aliphatic heterocycles. The molecule has 0 spiro atoms. The Morgan fingerprint density at radius 1 is 1.39 bits per heavy atom. The van der Waals surface area contributed by atoms with E-state index in [4.69, 9.17) is 0 Å². The van der Waals surface area contributed by atoms with Gasteiger partial charge in [0, 0.05) is 24.6 Å². The fourth-order valence-electron chi connectivity index (χ4n) is 1.32. The van der Waals surface area contributed by atoms with Crippen LogP contribution in [0.2, 0.25) is 0 Å². The lowest BCUT2D eigenvalue weighted by Gasteiger charge is -2.12. The molecule has 3 nitrogen and oxygen atoms in total. The lowest BCUT2D eigenvalue weighted by Crippen LogP contribution is -2.37. The summed E-state index contributed by atoms with van der Waals surface area (Å²) in [5.41, 5.74) is 0.865. The van der Waals surface area contributed by atoms with Crippen molar-refractivity contribution in [1.29, 1.82) is 0 Å². The van der Waals surface area contributed by atoms with Crippen molar-refractivity contribution in [1.82, 2.24) is 10.6 Å². The van der Waals surface area contributed by atoms with Crippen LogP contribution in [0.1, 0.15) is 18.9 Å². The first-order chi connectivity index (χ1) is 8.17. The van der Waals surface area contributed by atoms with Crippen LogP contribution in [0.3, 0.4) is 0 Å². The van der Waals surface area contributed by atoms with Crippen LogP contribution < -0.4 is 10.6 Å². The third-order valence-corrected chi connectivity index (χ3v) is 2.99. The van der Waals surface area contributed by atoms with Gasteiger partial charge in [-0.05, 0) is 30.2 Å². The number of nitrogens with zero attached hydrogens (tertiary/aromatic N) is 1. The van der Waals surface area contributed by atoms with Crippen molar-refractivity contribution in [3.8, 4) is 0 Å². The molecule has 102 valence electrons. The summed E-state index contributed by atoms with van der Waals surface area (Å²) in [4.78, 5) is 4.08. The van der Waals surface area contributed by atoms with Crippen molar-refractivity contribution in [2.45, 2.75) is 19.9 Å². The van der Waals surface area contributed by atoms with Crippen LogP contribution in [-0.2, 0) is 6.54 Å². The van der Waals surface area contributed by atoms with E-state index in [9.17, 15) is 4.39 Å². The molecular formula is C12H18BrFIN3. The average Bonchev–Trinajstić information content (AvgIpc) is 2.33. The molecule has 0 heterocycles. The van der Waals surface area contributed by atoms with Crippen LogP contribution in [0.4, 0.5) is 4.39 Å². The van der Waals surface area contributed by atoms with E-state index in [2.05, 4.69) is 38.5 Å². The monoisotopic (exact) mass is 429 g/mol. The summed E-state index contributed by atoms with van der Waals surface area (Å²) in [5.74, 6) is 0.490. The molecule has 0 atom stereocenters. The van der Waals surface area contributed by atoms with Gasteiger partial charge in [-0.15, -0.1) is 24.0 Å². The van der Waals surface area contributed by atoms with Gasteiger partial charge in [0.25, 0.3) is 0 Å². The third-order valence-electron chi connectivity index (χ3n) is 2.22. The minimum Gasteiger partial charge on any atom is -0.356 e. The summed E-state index contributed by atoms with van der Waals surface area (Å²) in [5, 5.41) is 6.28. The van der Waals surface area contributed by atoms with Crippen LogP contribution in [0.25, 0.3) is 0 Å². The molecule has 0 unspecified atom stereocenters. The highest BCUT2D eigenvalue weighted by Gasteiger charge is 2.03. The van der Waals surface area contributed by atoms with Crippen molar-refractivity contribution in [3.05, 3.63) is 34.1 Å². The Morgan fingerprint density at radius 2 is 2.11 bits per heavy atom. The van der Waals surface area contributed by atoms with E-state index in [0.29, 0.717) is 6.54 Å². The van der Waals surface area contributed by atoms with Crippen molar-refractivity contribution in [3.63, 3.8) is 0 Å². The lowest BCUT2D eigenvalue weighted by molar-refractivity contribution is 0.624. The second-order valence-corrected chi connectivity index (χ2v) is 4.44. The highest BCUT2D eigenvalue weighted by atomic mass is 127. The van der Waals surface area contributed by atoms with E-state index in [0.717, 1.165) is 29.0 Å². The number of benzene rings is 1. The predicted octanol–water partition coefficient (Wildman–Crippen LogP) is 3.28. The highest BCUT2D eigenvalue weighted by molar-refractivity contribution is 14.0. The van der Waals surface area contributed by atoms with Crippen LogP contribution in [0.5, 0.6) is 0 Å². The van der Waals surface area contributed by atoms with Crippen LogP contribution in [0, 0.1) is 5.82 Å². The molecule has 1 rings (SSSR count). The van der Waals surface area contributed by atoms with Gasteiger partial charge in [0.1, 0.15) is 5.82 Å². The Kier molecular flexibility index (Phi) is 9.35. The Labute approximate surface area is 133 Å². The van der Waals surface area contributed by atoms with Gasteiger partial charge in [-0.1, -0.05) is 22.9 Å². The van der Waals surface area contributed by atoms with Gasteiger partial charge in [0.2, 0.25) is 0 Å². The van der Waals surface area contributed by atoms with Gasteiger partial charge in [-0.2, -0.15) is 0 Å². The summed E-state index contributed by atoms with van der Waals surface area (Å²) in [6.45, 7) is 3.48. The SMILES string of the molecule is CCCNC(=NC)NCc1cc(F)ccc1Br.I. The van der Waals surface area contributed by atoms with E-state index in [-0.39, 0.29) is 29.8 Å². The number of hydrogen-bond donors (Lipinski definition) is 2. The molecule has 0 amide bonds. The van der Waals surface area contributed by atoms with Gasteiger partial charge in [0.05, 0.1) is 0 Å². The minimum atomic E-state index is -0.235. The first kappa shape index (κ1) is 17.6. The second-order valence-electron chi connectivity index (χ2n) is 3.59. The number of guanidine groups is 1. The zero-order valence-electron chi connectivity index (χ0n) is 10.5. The van der Waals surface area contributed by atoms with E-state index in [1.54, 1.807) is 13.1 Å². The summed E-state index contributed by atoms with van der Waals surface area (Å²) in [7, 11) is 1.71. The van der Waals surface area contributed by atoms with Crippen molar-refractivity contribution >= 4 is 45.9 Å². The first-order valence-electron chi connectivity index (χ1n) is 5.55. The predicted molar refractivity (Wildman–Crippen MR) is 88.0 cm³/mol. The molecule has 2 N–H and O–H groups in total. The smallest absolute Gasteiger partial charge is 0.191 e. The summed E-state index contributed by atoms with van der Waals surface area (Å²) < 4.78 is 13.9. The molecule has 0 aliphatic carbocycles. The van der Waals surface area contributed by atoms with Gasteiger partial charge < -0.3 is 10.6 Å². The maximum atomic E-state index is 13.1. The molecule has 1 aromatic carbocycles. The Morgan fingerprint density at radius 3 is 2.72 bits per heavy atom. The molecule has 0 saturated carbocycles. The quantitative estimate of drug-likeness (QED) is 0.437. The molecule has 0 fully saturated rings. The third kappa shape index (κ3) is 5.99. The van der Waals surface area contributed by atoms with E-state index in [1.807, 2.05) is 0 Å². The van der Waals surface area contributed by atoms with Crippen LogP contribution in [0.15, 0.2) is 27.7 Å². The van der Waals surface area contributed by atoms with Gasteiger partial charge in [0.15, 0.2) is 5.96 Å². The second kappa shape index (κ2) is 9.55. The highest BCUT2D eigenvalue weighted by Crippen LogP contribution is 2.17. The van der Waals surface area contributed by atoms with Gasteiger partial charge >= 0.3 is 0 Å². The normalized spacial score (nSPS) is 10.8. The van der Waals surface area contributed by atoms with Crippen molar-refractivity contribution in [2.75, 3.05) is 13.6 Å². The first-order valence-corrected chi connectivity index (χ1v) is 6.35.